The second kappa shape index (κ2) is 4.36. The zero-order valence-corrected chi connectivity index (χ0v) is 10.9. The van der Waals surface area contributed by atoms with E-state index in [1.807, 2.05) is 0 Å². The highest BCUT2D eigenvalue weighted by Gasteiger charge is 2.44. The zero-order valence-electron chi connectivity index (χ0n) is 10.9. The van der Waals surface area contributed by atoms with Crippen LogP contribution in [0.5, 0.6) is 0 Å². The molecule has 2 aliphatic heterocycles. The van der Waals surface area contributed by atoms with Crippen molar-refractivity contribution in [1.29, 1.82) is 0 Å². The van der Waals surface area contributed by atoms with E-state index in [9.17, 15) is 0 Å². The first-order valence-corrected chi connectivity index (χ1v) is 7.47. The summed E-state index contributed by atoms with van der Waals surface area (Å²) in [5.74, 6) is 0.779. The molecule has 2 saturated heterocycles. The summed E-state index contributed by atoms with van der Waals surface area (Å²) in [6, 6.07) is 13.4. The lowest BCUT2D eigenvalue weighted by molar-refractivity contribution is 0.298. The molecule has 0 aromatic heterocycles. The Balaban J connectivity index is 1.37. The molecule has 1 aliphatic carbocycles. The van der Waals surface area contributed by atoms with Crippen molar-refractivity contribution in [3.8, 4) is 0 Å². The monoisotopic (exact) mass is 242 g/mol. The molecular weight excluding hydrogens is 220 g/mol. The smallest absolute Gasteiger partial charge is 0.0250 e. The molecule has 3 aliphatic rings. The van der Waals surface area contributed by atoms with Gasteiger partial charge in [0, 0.05) is 30.6 Å². The van der Waals surface area contributed by atoms with E-state index in [1.165, 1.54) is 44.3 Å². The second-order valence-corrected chi connectivity index (χ2v) is 6.17. The van der Waals surface area contributed by atoms with E-state index in [4.69, 9.17) is 0 Å². The lowest BCUT2D eigenvalue weighted by Gasteiger charge is -2.21. The molecule has 1 saturated carbocycles. The van der Waals surface area contributed by atoms with Gasteiger partial charge in [-0.05, 0) is 37.8 Å². The Hall–Kier alpha value is -0.860. The Morgan fingerprint density at radius 1 is 1.00 bits per heavy atom. The number of rotatable bonds is 3. The van der Waals surface area contributed by atoms with Crippen molar-refractivity contribution in [3.63, 3.8) is 0 Å². The minimum atomic E-state index is 0.748. The minimum absolute atomic E-state index is 0.748. The molecule has 0 amide bonds. The maximum atomic E-state index is 3.93. The van der Waals surface area contributed by atoms with Gasteiger partial charge in [0.25, 0.3) is 0 Å². The Morgan fingerprint density at radius 2 is 1.89 bits per heavy atom. The Morgan fingerprint density at radius 3 is 2.78 bits per heavy atom. The van der Waals surface area contributed by atoms with Crippen molar-refractivity contribution in [2.24, 2.45) is 0 Å². The van der Waals surface area contributed by atoms with Crippen molar-refractivity contribution in [2.75, 3.05) is 13.1 Å². The molecule has 1 aromatic rings. The first-order valence-electron chi connectivity index (χ1n) is 7.47. The quantitative estimate of drug-likeness (QED) is 0.875. The number of nitrogens with zero attached hydrogens (tertiary/aromatic N) is 1. The fourth-order valence-corrected chi connectivity index (χ4v) is 4.00. The number of nitrogens with one attached hydrogen (secondary N) is 1. The molecule has 0 bridgehead atoms. The van der Waals surface area contributed by atoms with E-state index < -0.39 is 0 Å². The lowest BCUT2D eigenvalue weighted by atomic mass is 10.1. The number of hydrogen-bond acceptors (Lipinski definition) is 2. The summed E-state index contributed by atoms with van der Waals surface area (Å²) in [7, 11) is 0. The number of benzene rings is 1. The highest BCUT2D eigenvalue weighted by atomic mass is 15.2. The molecule has 3 fully saturated rings. The van der Waals surface area contributed by atoms with Crippen molar-refractivity contribution in [2.45, 2.75) is 49.7 Å². The first-order chi connectivity index (χ1) is 8.92. The maximum Gasteiger partial charge on any atom is 0.0250 e. The van der Waals surface area contributed by atoms with Crippen LogP contribution in [0.1, 0.15) is 37.2 Å². The summed E-state index contributed by atoms with van der Waals surface area (Å²) in [5, 5.41) is 3.93. The SMILES string of the molecule is c1ccc(C2CC2NC2CCN3CCCC23)cc1. The van der Waals surface area contributed by atoms with Gasteiger partial charge < -0.3 is 5.32 Å². The van der Waals surface area contributed by atoms with Crippen LogP contribution in [0.3, 0.4) is 0 Å². The number of hydrogen-bond donors (Lipinski definition) is 1. The van der Waals surface area contributed by atoms with Gasteiger partial charge in [0.15, 0.2) is 0 Å². The summed E-state index contributed by atoms with van der Waals surface area (Å²) < 4.78 is 0. The van der Waals surface area contributed by atoms with E-state index in [2.05, 4.69) is 40.5 Å². The standard InChI is InChI=1S/C16H22N2/c1-2-5-12(6-3-1)13-11-15(13)17-14-8-10-18-9-4-7-16(14)18/h1-3,5-6,13-17H,4,7-11H2. The Bertz CT molecular complexity index is 416. The van der Waals surface area contributed by atoms with E-state index in [1.54, 1.807) is 0 Å². The van der Waals surface area contributed by atoms with Crippen LogP contribution in [0.25, 0.3) is 0 Å². The zero-order chi connectivity index (χ0) is 11.9. The van der Waals surface area contributed by atoms with Crippen molar-refractivity contribution in [1.82, 2.24) is 10.2 Å². The van der Waals surface area contributed by atoms with Crippen LogP contribution < -0.4 is 5.32 Å². The molecule has 1 N–H and O–H groups in total. The van der Waals surface area contributed by atoms with Gasteiger partial charge in [-0.3, -0.25) is 4.90 Å². The minimum Gasteiger partial charge on any atom is -0.309 e. The summed E-state index contributed by atoms with van der Waals surface area (Å²) in [6.07, 6.45) is 5.53. The van der Waals surface area contributed by atoms with Crippen molar-refractivity contribution < 1.29 is 0 Å². The third-order valence-electron chi connectivity index (χ3n) is 5.05. The molecule has 4 atom stereocenters. The Kier molecular flexibility index (Phi) is 2.66. The molecule has 4 unspecified atom stereocenters. The molecule has 18 heavy (non-hydrogen) atoms. The van der Waals surface area contributed by atoms with Gasteiger partial charge in [-0.1, -0.05) is 30.3 Å². The second-order valence-electron chi connectivity index (χ2n) is 6.17. The molecule has 4 rings (SSSR count). The fraction of sp³-hybridized carbons (Fsp3) is 0.625. The average Bonchev–Trinajstić information content (AvgIpc) is 2.83. The first kappa shape index (κ1) is 11.0. The highest BCUT2D eigenvalue weighted by Crippen LogP contribution is 2.42. The van der Waals surface area contributed by atoms with Gasteiger partial charge in [0.1, 0.15) is 0 Å². The van der Waals surface area contributed by atoms with Gasteiger partial charge >= 0.3 is 0 Å². The van der Waals surface area contributed by atoms with Crippen LogP contribution in [0.2, 0.25) is 0 Å². The lowest BCUT2D eigenvalue weighted by Crippen LogP contribution is -2.40. The fourth-order valence-electron chi connectivity index (χ4n) is 4.00. The van der Waals surface area contributed by atoms with Crippen LogP contribution in [-0.4, -0.2) is 36.1 Å². The van der Waals surface area contributed by atoms with Crippen LogP contribution >= 0.6 is 0 Å². The van der Waals surface area contributed by atoms with Crippen LogP contribution in [0.15, 0.2) is 30.3 Å². The normalized spacial score (nSPS) is 38.9. The summed E-state index contributed by atoms with van der Waals surface area (Å²) in [5.41, 5.74) is 1.52. The molecule has 1 aromatic carbocycles. The molecular formula is C16H22N2. The van der Waals surface area contributed by atoms with E-state index in [-0.39, 0.29) is 0 Å². The number of fused-ring (bicyclic) bond motifs is 1. The molecule has 2 heteroatoms. The van der Waals surface area contributed by atoms with Gasteiger partial charge in [0.2, 0.25) is 0 Å². The van der Waals surface area contributed by atoms with E-state index >= 15 is 0 Å². The van der Waals surface area contributed by atoms with Crippen LogP contribution in [0, 0.1) is 0 Å². The summed E-state index contributed by atoms with van der Waals surface area (Å²) >= 11 is 0. The maximum absolute atomic E-state index is 3.93. The van der Waals surface area contributed by atoms with Crippen molar-refractivity contribution in [3.05, 3.63) is 35.9 Å². The largest absolute Gasteiger partial charge is 0.309 e. The third-order valence-corrected chi connectivity index (χ3v) is 5.05. The molecule has 0 spiro atoms. The van der Waals surface area contributed by atoms with Gasteiger partial charge in [0.05, 0.1) is 0 Å². The van der Waals surface area contributed by atoms with E-state index in [0.717, 1.165) is 24.0 Å². The van der Waals surface area contributed by atoms with Gasteiger partial charge in [-0.25, -0.2) is 0 Å². The van der Waals surface area contributed by atoms with Crippen LogP contribution in [0.4, 0.5) is 0 Å². The van der Waals surface area contributed by atoms with Crippen molar-refractivity contribution >= 4 is 0 Å². The van der Waals surface area contributed by atoms with Gasteiger partial charge in [-0.15, -0.1) is 0 Å². The predicted molar refractivity (Wildman–Crippen MR) is 73.7 cm³/mol. The Labute approximate surface area is 109 Å². The third kappa shape index (κ3) is 1.88. The molecule has 96 valence electrons. The summed E-state index contributed by atoms with van der Waals surface area (Å²) in [4.78, 5) is 2.69. The van der Waals surface area contributed by atoms with Crippen LogP contribution in [-0.2, 0) is 0 Å². The summed E-state index contributed by atoms with van der Waals surface area (Å²) in [6.45, 7) is 2.67. The molecule has 0 radical (unpaired) electrons. The van der Waals surface area contributed by atoms with E-state index in [0.29, 0.717) is 0 Å². The van der Waals surface area contributed by atoms with Gasteiger partial charge in [-0.2, -0.15) is 0 Å². The molecule has 2 heterocycles. The molecule has 2 nitrogen and oxygen atoms in total. The predicted octanol–water partition coefficient (Wildman–Crippen LogP) is 2.37. The average molecular weight is 242 g/mol. The highest BCUT2D eigenvalue weighted by molar-refractivity contribution is 5.28. The topological polar surface area (TPSA) is 15.3 Å².